The fourth-order valence-corrected chi connectivity index (χ4v) is 2.73. The molecule has 1 rings (SSSR count). The number of carbonyl (C=O) groups excluding carboxylic acids is 1. The summed E-state index contributed by atoms with van der Waals surface area (Å²) in [5, 5.41) is 3.41. The maximum Gasteiger partial charge on any atom is 0.325 e. The Morgan fingerprint density at radius 1 is 1.29 bits per heavy atom. The van der Waals surface area contributed by atoms with E-state index in [-0.39, 0.29) is 12.1 Å². The van der Waals surface area contributed by atoms with Crippen LogP contribution in [0.15, 0.2) is 0 Å². The van der Waals surface area contributed by atoms with Crippen LogP contribution < -0.4 is 5.32 Å². The smallest absolute Gasteiger partial charge is 0.325 e. The molecule has 124 valence electrons. The lowest BCUT2D eigenvalue weighted by Crippen LogP contribution is -2.53. The summed E-state index contributed by atoms with van der Waals surface area (Å²) < 4.78 is 10.8. The van der Waals surface area contributed by atoms with Crippen LogP contribution in [0, 0.1) is 0 Å². The highest BCUT2D eigenvalue weighted by Gasteiger charge is 2.40. The molecule has 0 aromatic heterocycles. The largest absolute Gasteiger partial charge is 0.468 e. The van der Waals surface area contributed by atoms with Crippen LogP contribution in [0.1, 0.15) is 72.1 Å². The predicted molar refractivity (Wildman–Crippen MR) is 85.4 cm³/mol. The van der Waals surface area contributed by atoms with E-state index in [2.05, 4.69) is 12.2 Å². The average Bonchev–Trinajstić information content (AvgIpc) is 3.25. The number of unbranched alkanes of at least 4 members (excludes halogenated alkanes) is 4. The van der Waals surface area contributed by atoms with E-state index >= 15 is 0 Å². The minimum atomic E-state index is -0.627. The Morgan fingerprint density at radius 2 is 1.95 bits per heavy atom. The Balaban J connectivity index is 2.27. The highest BCUT2D eigenvalue weighted by Crippen LogP contribution is 2.26. The van der Waals surface area contributed by atoms with Gasteiger partial charge >= 0.3 is 5.97 Å². The number of nitrogens with one attached hydrogen (secondary N) is 1. The van der Waals surface area contributed by atoms with Crippen LogP contribution in [-0.2, 0) is 14.3 Å². The topological polar surface area (TPSA) is 47.6 Å². The van der Waals surface area contributed by atoms with E-state index in [1.807, 2.05) is 13.8 Å². The molecule has 2 atom stereocenters. The van der Waals surface area contributed by atoms with Gasteiger partial charge in [0.1, 0.15) is 5.54 Å². The van der Waals surface area contributed by atoms with Crippen LogP contribution in [0.2, 0.25) is 0 Å². The molecular weight excluding hydrogens is 266 g/mol. The Kier molecular flexibility index (Phi) is 8.27. The van der Waals surface area contributed by atoms with Crippen molar-refractivity contribution in [2.45, 2.75) is 89.8 Å². The summed E-state index contributed by atoms with van der Waals surface area (Å²) in [6.45, 7) is 6.98. The van der Waals surface area contributed by atoms with Crippen molar-refractivity contribution in [2.75, 3.05) is 13.7 Å². The predicted octanol–water partition coefficient (Wildman–Crippen LogP) is 3.44. The van der Waals surface area contributed by atoms with Gasteiger partial charge in [-0.2, -0.15) is 0 Å². The van der Waals surface area contributed by atoms with Crippen LogP contribution in [0.3, 0.4) is 0 Å². The molecule has 0 saturated heterocycles. The Bertz CT molecular complexity index is 304. The number of rotatable bonds is 12. The molecule has 0 aromatic rings. The number of hydrogen-bond donors (Lipinski definition) is 1. The SMILES string of the molecule is CCCCCCCOC(C)CC(C)(NC1CC1)C(=O)OC. The normalized spacial score (nSPS) is 19.0. The van der Waals surface area contributed by atoms with Gasteiger partial charge in [-0.25, -0.2) is 0 Å². The maximum absolute atomic E-state index is 12.0. The number of esters is 1. The van der Waals surface area contributed by atoms with E-state index in [0.717, 1.165) is 25.9 Å². The zero-order chi connectivity index (χ0) is 15.7. The lowest BCUT2D eigenvalue weighted by Gasteiger charge is -2.30. The summed E-state index contributed by atoms with van der Waals surface area (Å²) >= 11 is 0. The van der Waals surface area contributed by atoms with Crippen LogP contribution in [0.5, 0.6) is 0 Å². The minimum Gasteiger partial charge on any atom is -0.468 e. The van der Waals surface area contributed by atoms with Gasteiger partial charge in [0.25, 0.3) is 0 Å². The van der Waals surface area contributed by atoms with Crippen molar-refractivity contribution in [3.05, 3.63) is 0 Å². The lowest BCUT2D eigenvalue weighted by molar-refractivity contribution is -0.149. The highest BCUT2D eigenvalue weighted by atomic mass is 16.5. The van der Waals surface area contributed by atoms with Crippen LogP contribution in [0.25, 0.3) is 0 Å². The van der Waals surface area contributed by atoms with Crippen LogP contribution in [0.4, 0.5) is 0 Å². The molecule has 4 heteroatoms. The average molecular weight is 299 g/mol. The molecule has 1 aliphatic carbocycles. The summed E-state index contributed by atoms with van der Waals surface area (Å²) in [5.41, 5.74) is -0.627. The molecule has 0 heterocycles. The summed E-state index contributed by atoms with van der Waals surface area (Å²) in [4.78, 5) is 12.0. The van der Waals surface area contributed by atoms with Gasteiger partial charge in [-0.15, -0.1) is 0 Å². The Morgan fingerprint density at radius 3 is 2.52 bits per heavy atom. The molecule has 0 amide bonds. The summed E-state index contributed by atoms with van der Waals surface area (Å²) in [6, 6.07) is 0.468. The molecule has 1 N–H and O–H groups in total. The van der Waals surface area contributed by atoms with Crippen molar-refractivity contribution in [1.29, 1.82) is 0 Å². The molecule has 0 radical (unpaired) electrons. The summed E-state index contributed by atoms with van der Waals surface area (Å²) in [5.74, 6) is -0.187. The molecule has 1 fully saturated rings. The second kappa shape index (κ2) is 9.42. The van der Waals surface area contributed by atoms with Gasteiger partial charge < -0.3 is 9.47 Å². The molecular formula is C17H33NO3. The molecule has 0 spiro atoms. The molecule has 0 bridgehead atoms. The van der Waals surface area contributed by atoms with Crippen molar-refractivity contribution in [2.24, 2.45) is 0 Å². The van der Waals surface area contributed by atoms with Crippen molar-refractivity contribution in [3.8, 4) is 0 Å². The van der Waals surface area contributed by atoms with E-state index in [9.17, 15) is 4.79 Å². The van der Waals surface area contributed by atoms with Crippen molar-refractivity contribution in [1.82, 2.24) is 5.32 Å². The maximum atomic E-state index is 12.0. The number of carbonyl (C=O) groups is 1. The molecule has 0 aliphatic heterocycles. The molecule has 0 aromatic carbocycles. The second-order valence-electron chi connectivity index (χ2n) is 6.54. The highest BCUT2D eigenvalue weighted by molar-refractivity contribution is 5.80. The fraction of sp³-hybridized carbons (Fsp3) is 0.941. The van der Waals surface area contributed by atoms with E-state index in [0.29, 0.717) is 12.5 Å². The first-order chi connectivity index (χ1) is 10.0. The third kappa shape index (κ3) is 7.28. The number of methoxy groups -OCH3 is 1. The van der Waals surface area contributed by atoms with E-state index in [4.69, 9.17) is 9.47 Å². The van der Waals surface area contributed by atoms with Gasteiger partial charge in [0, 0.05) is 19.1 Å². The minimum absolute atomic E-state index is 0.0616. The van der Waals surface area contributed by atoms with Crippen LogP contribution in [-0.4, -0.2) is 37.4 Å². The van der Waals surface area contributed by atoms with E-state index < -0.39 is 5.54 Å². The first kappa shape index (κ1) is 18.4. The van der Waals surface area contributed by atoms with Gasteiger partial charge in [-0.1, -0.05) is 32.6 Å². The Labute approximate surface area is 130 Å². The quantitative estimate of drug-likeness (QED) is 0.443. The molecule has 1 saturated carbocycles. The molecule has 2 unspecified atom stereocenters. The monoisotopic (exact) mass is 299 g/mol. The van der Waals surface area contributed by atoms with E-state index in [1.54, 1.807) is 0 Å². The number of hydrogen-bond acceptors (Lipinski definition) is 4. The van der Waals surface area contributed by atoms with Crippen molar-refractivity contribution < 1.29 is 14.3 Å². The number of ether oxygens (including phenoxy) is 2. The standard InChI is InChI=1S/C17H33NO3/c1-5-6-7-8-9-12-21-14(2)13-17(3,16(19)20-4)18-15-10-11-15/h14-15,18H,5-13H2,1-4H3. The molecule has 21 heavy (non-hydrogen) atoms. The van der Waals surface area contributed by atoms with Crippen LogP contribution >= 0.6 is 0 Å². The Hall–Kier alpha value is -0.610. The van der Waals surface area contributed by atoms with Gasteiger partial charge in [0.15, 0.2) is 0 Å². The van der Waals surface area contributed by atoms with Gasteiger partial charge in [0.2, 0.25) is 0 Å². The third-order valence-corrected chi connectivity index (χ3v) is 4.08. The molecule has 1 aliphatic rings. The summed E-state index contributed by atoms with van der Waals surface area (Å²) in [7, 11) is 1.45. The fourth-order valence-electron chi connectivity index (χ4n) is 2.73. The third-order valence-electron chi connectivity index (χ3n) is 4.08. The molecule has 4 nitrogen and oxygen atoms in total. The first-order valence-electron chi connectivity index (χ1n) is 8.49. The first-order valence-corrected chi connectivity index (χ1v) is 8.49. The van der Waals surface area contributed by atoms with Gasteiger partial charge in [0.05, 0.1) is 13.2 Å². The lowest BCUT2D eigenvalue weighted by atomic mass is 9.94. The summed E-state index contributed by atoms with van der Waals surface area (Å²) in [6.07, 6.45) is 9.22. The zero-order valence-electron chi connectivity index (χ0n) is 14.2. The van der Waals surface area contributed by atoms with E-state index in [1.165, 1.54) is 32.8 Å². The second-order valence-corrected chi connectivity index (χ2v) is 6.54. The van der Waals surface area contributed by atoms with Crippen molar-refractivity contribution >= 4 is 5.97 Å². The zero-order valence-corrected chi connectivity index (χ0v) is 14.2. The van der Waals surface area contributed by atoms with Gasteiger partial charge in [-0.05, 0) is 33.1 Å². The van der Waals surface area contributed by atoms with Crippen molar-refractivity contribution in [3.63, 3.8) is 0 Å². The van der Waals surface area contributed by atoms with Gasteiger partial charge in [-0.3, -0.25) is 10.1 Å².